The smallest absolute Gasteiger partial charge is 0.225 e. The van der Waals surface area contributed by atoms with Gasteiger partial charge in [-0.25, -0.2) is 8.78 Å². The van der Waals surface area contributed by atoms with E-state index in [9.17, 15) is 23.5 Å². The van der Waals surface area contributed by atoms with Crippen molar-refractivity contribution >= 4 is 11.8 Å². The Morgan fingerprint density at radius 1 is 1.26 bits per heavy atom. The lowest BCUT2D eigenvalue weighted by molar-refractivity contribution is -0.128. The second kappa shape index (κ2) is 11.0. The number of nitrogens with zero attached hydrogens (tertiary/aromatic N) is 2. The lowest BCUT2D eigenvalue weighted by atomic mass is 9.94. The van der Waals surface area contributed by atoms with Crippen molar-refractivity contribution in [1.82, 2.24) is 25.8 Å². The monoisotopic (exact) mass is 473 g/mol. The van der Waals surface area contributed by atoms with Crippen LogP contribution in [0.5, 0.6) is 0 Å². The van der Waals surface area contributed by atoms with Gasteiger partial charge in [0.1, 0.15) is 11.6 Å². The van der Waals surface area contributed by atoms with Gasteiger partial charge in [0.2, 0.25) is 11.8 Å². The molecule has 2 aliphatic rings. The Morgan fingerprint density at radius 2 is 2.06 bits per heavy atom. The Kier molecular flexibility index (Phi) is 7.81. The van der Waals surface area contributed by atoms with Crippen LogP contribution in [0.4, 0.5) is 8.78 Å². The Balaban J connectivity index is 1.48. The molecule has 1 unspecified atom stereocenters. The molecule has 1 aromatic heterocycles. The molecule has 0 aliphatic carbocycles. The second-order valence-electron chi connectivity index (χ2n) is 8.91. The number of piperazine rings is 1. The topological polar surface area (TPSA) is 107 Å². The minimum absolute atomic E-state index is 0.0358. The third-order valence-electron chi connectivity index (χ3n) is 6.28. The summed E-state index contributed by atoms with van der Waals surface area (Å²) in [6.07, 6.45) is 0.805. The molecular weight excluding hydrogens is 444 g/mol. The highest BCUT2D eigenvalue weighted by molar-refractivity contribution is 5.89. The number of nitrogens with one attached hydrogen (secondary N) is 3. The Labute approximate surface area is 196 Å². The number of hydrogen-bond acceptors (Lipinski definition) is 6. The van der Waals surface area contributed by atoms with Crippen LogP contribution in [0.1, 0.15) is 17.7 Å². The normalized spacial score (nSPS) is 22.7. The Bertz CT molecular complexity index is 989. The third kappa shape index (κ3) is 6.34. The van der Waals surface area contributed by atoms with E-state index in [0.29, 0.717) is 25.2 Å². The molecule has 8 nitrogen and oxygen atoms in total. The lowest BCUT2D eigenvalue weighted by Gasteiger charge is -2.38. The van der Waals surface area contributed by atoms with Crippen molar-refractivity contribution in [2.75, 3.05) is 26.2 Å². The number of amides is 2. The molecule has 2 amide bonds. The van der Waals surface area contributed by atoms with E-state index in [1.807, 2.05) is 18.2 Å². The third-order valence-corrected chi connectivity index (χ3v) is 6.28. The van der Waals surface area contributed by atoms with Crippen molar-refractivity contribution in [2.45, 2.75) is 37.6 Å². The van der Waals surface area contributed by atoms with Crippen molar-refractivity contribution in [2.24, 2.45) is 5.92 Å². The van der Waals surface area contributed by atoms with Crippen LogP contribution in [0.15, 0.2) is 42.6 Å². The van der Waals surface area contributed by atoms with Gasteiger partial charge in [-0.15, -0.1) is 0 Å². The van der Waals surface area contributed by atoms with E-state index < -0.39 is 29.7 Å². The molecule has 2 aromatic rings. The SMILES string of the molecule is O=C1CC(C(=O)N[C@@H](Cc2cc(F)cc(F)c2)[C@H](O)[C@H]2CN(Cc3ccccn3)CCN2)CN1. The zero-order valence-corrected chi connectivity index (χ0v) is 18.7. The molecule has 3 heterocycles. The number of carbonyl (C=O) groups excluding carboxylic acids is 2. The molecule has 0 spiro atoms. The number of benzene rings is 1. The van der Waals surface area contributed by atoms with Crippen molar-refractivity contribution in [3.8, 4) is 0 Å². The minimum Gasteiger partial charge on any atom is -0.389 e. The van der Waals surface area contributed by atoms with Gasteiger partial charge in [0, 0.05) is 57.4 Å². The first-order chi connectivity index (χ1) is 16.4. The molecule has 0 bridgehead atoms. The predicted octanol–water partition coefficient (Wildman–Crippen LogP) is 0.358. The van der Waals surface area contributed by atoms with Gasteiger partial charge in [-0.3, -0.25) is 19.5 Å². The van der Waals surface area contributed by atoms with E-state index in [-0.39, 0.29) is 37.2 Å². The maximum atomic E-state index is 13.8. The average Bonchev–Trinajstić information content (AvgIpc) is 3.25. The van der Waals surface area contributed by atoms with E-state index in [4.69, 9.17) is 0 Å². The summed E-state index contributed by atoms with van der Waals surface area (Å²) in [5.74, 6) is -2.58. The molecule has 34 heavy (non-hydrogen) atoms. The van der Waals surface area contributed by atoms with E-state index in [1.165, 1.54) is 12.1 Å². The summed E-state index contributed by atoms with van der Waals surface area (Å²) >= 11 is 0. The average molecular weight is 474 g/mol. The van der Waals surface area contributed by atoms with Crippen molar-refractivity contribution < 1.29 is 23.5 Å². The molecule has 1 aromatic carbocycles. The first-order valence-corrected chi connectivity index (χ1v) is 11.4. The van der Waals surface area contributed by atoms with Gasteiger partial charge in [0.25, 0.3) is 0 Å². The summed E-state index contributed by atoms with van der Waals surface area (Å²) in [5.41, 5.74) is 1.24. The number of rotatable bonds is 8. The molecule has 0 radical (unpaired) electrons. The predicted molar refractivity (Wildman–Crippen MR) is 120 cm³/mol. The maximum absolute atomic E-state index is 13.8. The fraction of sp³-hybridized carbons (Fsp3) is 0.458. The van der Waals surface area contributed by atoms with Gasteiger partial charge in [0.05, 0.1) is 23.8 Å². The standard InChI is InChI=1S/C24H29F2N5O3/c25-17-7-15(8-18(26)11-17)9-20(30-24(34)16-10-22(32)29-12-16)23(33)21-14-31(6-5-28-21)13-19-3-1-2-4-27-19/h1-4,7-8,11,16,20-21,23,28,33H,5-6,9-10,12-14H2,(H,29,32)(H,30,34)/t16?,20-,21+,23-/m0/s1. The summed E-state index contributed by atoms with van der Waals surface area (Å²) in [6.45, 7) is 2.74. The Hall–Kier alpha value is -2.95. The van der Waals surface area contributed by atoms with Crippen LogP contribution in [0.2, 0.25) is 0 Å². The van der Waals surface area contributed by atoms with Gasteiger partial charge < -0.3 is 21.1 Å². The van der Waals surface area contributed by atoms with Crippen molar-refractivity contribution in [3.63, 3.8) is 0 Å². The zero-order valence-electron chi connectivity index (χ0n) is 18.7. The van der Waals surface area contributed by atoms with Crippen LogP contribution < -0.4 is 16.0 Å². The highest BCUT2D eigenvalue weighted by Crippen LogP contribution is 2.17. The van der Waals surface area contributed by atoms with Crippen molar-refractivity contribution in [3.05, 3.63) is 65.5 Å². The molecule has 4 N–H and O–H groups in total. The van der Waals surface area contributed by atoms with E-state index >= 15 is 0 Å². The lowest BCUT2D eigenvalue weighted by Crippen LogP contribution is -2.61. The molecule has 2 saturated heterocycles. The van der Waals surface area contributed by atoms with Crippen LogP contribution >= 0.6 is 0 Å². The van der Waals surface area contributed by atoms with Crippen LogP contribution in [0.3, 0.4) is 0 Å². The van der Waals surface area contributed by atoms with E-state index in [2.05, 4.69) is 25.8 Å². The summed E-state index contributed by atoms with van der Waals surface area (Å²) in [6, 6.07) is 7.68. The van der Waals surface area contributed by atoms with Gasteiger partial charge in [-0.05, 0) is 36.2 Å². The molecule has 0 saturated carbocycles. The fourth-order valence-electron chi connectivity index (χ4n) is 4.55. The highest BCUT2D eigenvalue weighted by atomic mass is 19.1. The number of aromatic nitrogens is 1. The van der Waals surface area contributed by atoms with Crippen molar-refractivity contribution in [1.29, 1.82) is 0 Å². The van der Waals surface area contributed by atoms with Gasteiger partial charge in [0.15, 0.2) is 0 Å². The van der Waals surface area contributed by atoms with E-state index in [1.54, 1.807) is 6.20 Å². The summed E-state index contributed by atoms with van der Waals surface area (Å²) in [5, 5.41) is 20.0. The first-order valence-electron chi connectivity index (χ1n) is 11.4. The number of aliphatic hydroxyl groups is 1. The maximum Gasteiger partial charge on any atom is 0.225 e. The Morgan fingerprint density at radius 3 is 2.74 bits per heavy atom. The fourth-order valence-corrected chi connectivity index (χ4v) is 4.55. The summed E-state index contributed by atoms with van der Waals surface area (Å²) in [4.78, 5) is 30.9. The van der Waals surface area contributed by atoms with Crippen LogP contribution in [-0.4, -0.2) is 71.2 Å². The molecule has 2 aliphatic heterocycles. The molecular formula is C24H29F2N5O3. The number of pyridine rings is 1. The quantitative estimate of drug-likeness (QED) is 0.441. The van der Waals surface area contributed by atoms with Crippen LogP contribution in [0, 0.1) is 17.6 Å². The number of carbonyl (C=O) groups is 2. The first kappa shape index (κ1) is 24.2. The zero-order chi connectivity index (χ0) is 24.1. The number of aliphatic hydroxyl groups excluding tert-OH is 1. The van der Waals surface area contributed by atoms with Crippen LogP contribution in [-0.2, 0) is 22.6 Å². The van der Waals surface area contributed by atoms with Gasteiger partial charge in [-0.1, -0.05) is 6.07 Å². The summed E-state index contributed by atoms with van der Waals surface area (Å²) < 4.78 is 27.6. The molecule has 4 atom stereocenters. The van der Waals surface area contributed by atoms with Crippen LogP contribution in [0.25, 0.3) is 0 Å². The van der Waals surface area contributed by atoms with Gasteiger partial charge >= 0.3 is 0 Å². The molecule has 182 valence electrons. The largest absolute Gasteiger partial charge is 0.389 e. The molecule has 10 heteroatoms. The number of halogens is 2. The number of hydrogen-bond donors (Lipinski definition) is 4. The van der Waals surface area contributed by atoms with Gasteiger partial charge in [-0.2, -0.15) is 0 Å². The molecule has 4 rings (SSSR count). The highest BCUT2D eigenvalue weighted by Gasteiger charge is 2.35. The molecule has 2 fully saturated rings. The summed E-state index contributed by atoms with van der Waals surface area (Å²) in [7, 11) is 0. The van der Waals surface area contributed by atoms with E-state index in [0.717, 1.165) is 18.3 Å². The minimum atomic E-state index is -1.04. The second-order valence-corrected chi connectivity index (χ2v) is 8.91.